The summed E-state index contributed by atoms with van der Waals surface area (Å²) < 4.78 is 13.0. The number of carboxylic acid groups (broad SMARTS) is 1. The summed E-state index contributed by atoms with van der Waals surface area (Å²) in [4.78, 5) is 11.5. The van der Waals surface area contributed by atoms with Crippen LogP contribution in [-0.2, 0) is 11.3 Å². The number of hydrogen-bond donors (Lipinski definition) is 2. The molecule has 0 aliphatic carbocycles. The molecule has 0 saturated heterocycles. The van der Waals surface area contributed by atoms with E-state index < -0.39 is 22.7 Å². The van der Waals surface area contributed by atoms with Gasteiger partial charge in [0.05, 0.1) is 5.02 Å². The topological polar surface area (TPSA) is 49.3 Å². The number of aliphatic carboxylic acids is 1. The summed E-state index contributed by atoms with van der Waals surface area (Å²) in [5, 5.41) is 12.4. The number of carbonyl (C=O) groups is 1. The summed E-state index contributed by atoms with van der Waals surface area (Å²) >= 11 is 5.70. The van der Waals surface area contributed by atoms with E-state index in [1.165, 1.54) is 12.1 Å². The highest BCUT2D eigenvalue weighted by Crippen LogP contribution is 2.30. The molecule has 0 radical (unpaired) electrons. The fourth-order valence-electron chi connectivity index (χ4n) is 1.59. The molecular weight excluding hydrogens is 269 g/mol. The highest BCUT2D eigenvalue weighted by atomic mass is 35.5. The first-order valence-corrected chi connectivity index (χ1v) is 6.38. The Labute approximate surface area is 117 Å². The highest BCUT2D eigenvalue weighted by Gasteiger charge is 2.44. The van der Waals surface area contributed by atoms with E-state index in [2.05, 4.69) is 5.32 Å². The standard InChI is InChI=1S/C14H19ClFNO2/c1-13(2,3)14(4,12(18)19)17-8-9-5-6-11(16)10(15)7-9/h5-7,17H,8H2,1-4H3,(H,18,19). The van der Waals surface area contributed by atoms with Gasteiger partial charge < -0.3 is 5.11 Å². The third-order valence-electron chi connectivity index (χ3n) is 3.56. The van der Waals surface area contributed by atoms with Crippen LogP contribution in [0.25, 0.3) is 0 Å². The molecule has 3 nitrogen and oxygen atoms in total. The van der Waals surface area contributed by atoms with Crippen molar-refractivity contribution in [2.45, 2.75) is 39.8 Å². The van der Waals surface area contributed by atoms with Crippen molar-refractivity contribution in [1.82, 2.24) is 5.32 Å². The SMILES string of the molecule is CC(C)(C)C(C)(NCc1ccc(F)c(Cl)c1)C(=O)O. The fraction of sp³-hybridized carbons (Fsp3) is 0.500. The summed E-state index contributed by atoms with van der Waals surface area (Å²) in [6, 6.07) is 4.35. The summed E-state index contributed by atoms with van der Waals surface area (Å²) in [6.07, 6.45) is 0. The molecular formula is C14H19ClFNO2. The van der Waals surface area contributed by atoms with Gasteiger partial charge in [0.1, 0.15) is 11.4 Å². The van der Waals surface area contributed by atoms with Crippen LogP contribution in [0.4, 0.5) is 4.39 Å². The Hall–Kier alpha value is -1.13. The zero-order valence-corrected chi connectivity index (χ0v) is 12.3. The van der Waals surface area contributed by atoms with E-state index in [0.29, 0.717) is 6.54 Å². The summed E-state index contributed by atoms with van der Waals surface area (Å²) in [7, 11) is 0. The number of hydrogen-bond acceptors (Lipinski definition) is 2. The monoisotopic (exact) mass is 287 g/mol. The van der Waals surface area contributed by atoms with Gasteiger partial charge in [0.25, 0.3) is 0 Å². The molecule has 1 aromatic carbocycles. The van der Waals surface area contributed by atoms with Crippen molar-refractivity contribution >= 4 is 17.6 Å². The van der Waals surface area contributed by atoms with E-state index in [1.54, 1.807) is 13.0 Å². The van der Waals surface area contributed by atoms with Crippen LogP contribution in [0.3, 0.4) is 0 Å². The highest BCUT2D eigenvalue weighted by molar-refractivity contribution is 6.30. The van der Waals surface area contributed by atoms with Crippen LogP contribution >= 0.6 is 11.6 Å². The molecule has 1 aromatic rings. The van der Waals surface area contributed by atoms with Crippen molar-refractivity contribution in [2.75, 3.05) is 0 Å². The lowest BCUT2D eigenvalue weighted by molar-refractivity contribution is -0.149. The molecule has 2 N–H and O–H groups in total. The smallest absolute Gasteiger partial charge is 0.324 e. The maximum absolute atomic E-state index is 13.0. The van der Waals surface area contributed by atoms with Crippen LogP contribution in [0, 0.1) is 11.2 Å². The van der Waals surface area contributed by atoms with Crippen molar-refractivity contribution in [1.29, 1.82) is 0 Å². The molecule has 0 saturated carbocycles. The molecule has 1 atom stereocenters. The van der Waals surface area contributed by atoms with E-state index >= 15 is 0 Å². The van der Waals surface area contributed by atoms with Crippen LogP contribution in [0.1, 0.15) is 33.3 Å². The maximum Gasteiger partial charge on any atom is 0.324 e. The molecule has 0 amide bonds. The predicted octanol–water partition coefficient (Wildman–Crippen LogP) is 3.46. The Morgan fingerprint density at radius 3 is 2.37 bits per heavy atom. The largest absolute Gasteiger partial charge is 0.480 e. The van der Waals surface area contributed by atoms with Gasteiger partial charge in [-0.2, -0.15) is 0 Å². The van der Waals surface area contributed by atoms with Gasteiger partial charge in [0.15, 0.2) is 0 Å². The number of benzene rings is 1. The van der Waals surface area contributed by atoms with Crippen molar-refractivity contribution in [3.8, 4) is 0 Å². The van der Waals surface area contributed by atoms with Crippen molar-refractivity contribution in [3.05, 3.63) is 34.6 Å². The molecule has 0 bridgehead atoms. The third kappa shape index (κ3) is 3.45. The minimum absolute atomic E-state index is 0.0343. The average Bonchev–Trinajstić information content (AvgIpc) is 2.28. The fourth-order valence-corrected chi connectivity index (χ4v) is 1.79. The zero-order chi connectivity index (χ0) is 14.8. The number of halogens is 2. The van der Waals surface area contributed by atoms with Crippen LogP contribution in [0.5, 0.6) is 0 Å². The number of carboxylic acids is 1. The van der Waals surface area contributed by atoms with Crippen molar-refractivity contribution in [3.63, 3.8) is 0 Å². The van der Waals surface area contributed by atoms with Gasteiger partial charge in [-0.05, 0) is 30.0 Å². The van der Waals surface area contributed by atoms with Gasteiger partial charge >= 0.3 is 5.97 Å². The lowest BCUT2D eigenvalue weighted by Gasteiger charge is -2.39. The Balaban J connectivity index is 2.89. The Morgan fingerprint density at radius 2 is 1.95 bits per heavy atom. The maximum atomic E-state index is 13.0. The van der Waals surface area contributed by atoms with Gasteiger partial charge in [-0.1, -0.05) is 38.4 Å². The second-order valence-electron chi connectivity index (χ2n) is 5.78. The van der Waals surface area contributed by atoms with Crippen molar-refractivity contribution < 1.29 is 14.3 Å². The molecule has 1 unspecified atom stereocenters. The molecule has 0 heterocycles. The molecule has 0 aliphatic heterocycles. The second kappa shape index (κ2) is 5.47. The van der Waals surface area contributed by atoms with Crippen LogP contribution in [0.2, 0.25) is 5.02 Å². The molecule has 0 spiro atoms. The molecule has 5 heteroatoms. The quantitative estimate of drug-likeness (QED) is 0.892. The predicted molar refractivity (Wildman–Crippen MR) is 73.7 cm³/mol. The molecule has 1 rings (SSSR count). The third-order valence-corrected chi connectivity index (χ3v) is 3.85. The van der Waals surface area contributed by atoms with Gasteiger partial charge in [-0.25, -0.2) is 4.39 Å². The normalized spacial score (nSPS) is 15.1. The zero-order valence-electron chi connectivity index (χ0n) is 11.6. The Morgan fingerprint density at radius 1 is 1.37 bits per heavy atom. The second-order valence-corrected chi connectivity index (χ2v) is 6.19. The lowest BCUT2D eigenvalue weighted by Crippen LogP contribution is -2.58. The molecule has 0 fully saturated rings. The Bertz CT molecular complexity index is 485. The molecule has 106 valence electrons. The van der Waals surface area contributed by atoms with Gasteiger partial charge in [0.2, 0.25) is 0 Å². The minimum atomic E-state index is -1.09. The minimum Gasteiger partial charge on any atom is -0.480 e. The molecule has 0 aromatic heterocycles. The van der Waals surface area contributed by atoms with E-state index in [9.17, 15) is 14.3 Å². The molecule has 0 aliphatic rings. The first kappa shape index (κ1) is 15.9. The Kier molecular flexibility index (Phi) is 4.59. The van der Waals surface area contributed by atoms with Gasteiger partial charge in [-0.3, -0.25) is 10.1 Å². The van der Waals surface area contributed by atoms with Gasteiger partial charge in [-0.15, -0.1) is 0 Å². The van der Waals surface area contributed by atoms with E-state index in [1.807, 2.05) is 20.8 Å². The first-order valence-electron chi connectivity index (χ1n) is 6.00. The summed E-state index contributed by atoms with van der Waals surface area (Å²) in [5.74, 6) is -1.41. The number of rotatable bonds is 4. The van der Waals surface area contributed by atoms with E-state index in [4.69, 9.17) is 11.6 Å². The lowest BCUT2D eigenvalue weighted by atomic mass is 9.74. The van der Waals surface area contributed by atoms with E-state index in [0.717, 1.165) is 5.56 Å². The van der Waals surface area contributed by atoms with Crippen molar-refractivity contribution in [2.24, 2.45) is 5.41 Å². The summed E-state index contributed by atoms with van der Waals surface area (Å²) in [6.45, 7) is 7.50. The number of nitrogens with one attached hydrogen (secondary N) is 1. The average molecular weight is 288 g/mol. The first-order chi connectivity index (χ1) is 8.58. The van der Waals surface area contributed by atoms with Crippen LogP contribution in [0.15, 0.2) is 18.2 Å². The van der Waals surface area contributed by atoms with E-state index in [-0.39, 0.29) is 5.02 Å². The van der Waals surface area contributed by atoms with Gasteiger partial charge in [0, 0.05) is 6.54 Å². The van der Waals surface area contributed by atoms with Crippen LogP contribution < -0.4 is 5.32 Å². The van der Waals surface area contributed by atoms with Crippen LogP contribution in [-0.4, -0.2) is 16.6 Å². The summed E-state index contributed by atoms with van der Waals surface area (Å²) in [5.41, 5.74) is -0.820. The molecule has 19 heavy (non-hydrogen) atoms.